The van der Waals surface area contributed by atoms with Crippen LogP contribution in [-0.2, 0) is 4.79 Å². The Morgan fingerprint density at radius 1 is 1.28 bits per heavy atom. The molecule has 4 nitrogen and oxygen atoms in total. The first kappa shape index (κ1) is 15.4. The van der Waals surface area contributed by atoms with Crippen molar-refractivity contribution in [3.8, 4) is 0 Å². The van der Waals surface area contributed by atoms with Crippen molar-refractivity contribution in [3.63, 3.8) is 0 Å². The van der Waals surface area contributed by atoms with Crippen molar-refractivity contribution < 1.29 is 15.0 Å². The molecule has 18 heavy (non-hydrogen) atoms. The molecule has 0 amide bonds. The van der Waals surface area contributed by atoms with Crippen LogP contribution in [0.25, 0.3) is 0 Å². The molecular formula is C14H27NO3. The molecule has 0 spiro atoms. The Bertz CT molecular complexity index is 257. The van der Waals surface area contributed by atoms with E-state index in [1.54, 1.807) is 6.92 Å². The monoisotopic (exact) mass is 257 g/mol. The molecule has 1 aliphatic carbocycles. The van der Waals surface area contributed by atoms with E-state index in [1.807, 2.05) is 0 Å². The van der Waals surface area contributed by atoms with E-state index >= 15 is 0 Å². The quantitative estimate of drug-likeness (QED) is 0.653. The van der Waals surface area contributed by atoms with Gasteiger partial charge >= 0.3 is 5.97 Å². The van der Waals surface area contributed by atoms with Gasteiger partial charge < -0.3 is 15.5 Å². The summed E-state index contributed by atoms with van der Waals surface area (Å²) >= 11 is 0. The predicted octanol–water partition coefficient (Wildman–Crippen LogP) is 2.16. The first-order valence-corrected chi connectivity index (χ1v) is 7.17. The predicted molar refractivity (Wildman–Crippen MR) is 71.5 cm³/mol. The molecule has 3 N–H and O–H groups in total. The maximum absolute atomic E-state index is 10.7. The second kappa shape index (κ2) is 7.74. The van der Waals surface area contributed by atoms with Crippen molar-refractivity contribution in [2.24, 2.45) is 5.92 Å². The highest BCUT2D eigenvalue weighted by Gasteiger charge is 2.23. The van der Waals surface area contributed by atoms with Crippen LogP contribution >= 0.6 is 0 Å². The minimum absolute atomic E-state index is 0.209. The molecule has 0 aromatic rings. The molecule has 0 aromatic heterocycles. The first-order chi connectivity index (χ1) is 8.50. The number of carbonyl (C=O) groups is 1. The van der Waals surface area contributed by atoms with E-state index in [9.17, 15) is 9.90 Å². The van der Waals surface area contributed by atoms with Crippen LogP contribution in [0.2, 0.25) is 0 Å². The molecule has 4 unspecified atom stereocenters. The van der Waals surface area contributed by atoms with Gasteiger partial charge in [0.25, 0.3) is 0 Å². The number of rotatable bonds is 7. The molecule has 0 bridgehead atoms. The summed E-state index contributed by atoms with van der Waals surface area (Å²) in [4.78, 5) is 10.7. The summed E-state index contributed by atoms with van der Waals surface area (Å²) in [6, 6.07) is 0.578. The summed E-state index contributed by atoms with van der Waals surface area (Å²) in [5, 5.41) is 22.1. The molecule has 0 aliphatic heterocycles. The molecule has 1 rings (SSSR count). The molecule has 0 radical (unpaired) electrons. The average Bonchev–Trinajstić information content (AvgIpc) is 2.32. The summed E-state index contributed by atoms with van der Waals surface area (Å²) < 4.78 is 0. The fourth-order valence-electron chi connectivity index (χ4n) is 2.61. The van der Waals surface area contributed by atoms with Gasteiger partial charge in [0.1, 0.15) is 0 Å². The van der Waals surface area contributed by atoms with Crippen LogP contribution in [0.3, 0.4) is 0 Å². The zero-order chi connectivity index (χ0) is 13.5. The van der Waals surface area contributed by atoms with E-state index < -0.39 is 5.97 Å². The first-order valence-electron chi connectivity index (χ1n) is 7.17. The van der Waals surface area contributed by atoms with Crippen LogP contribution in [0.15, 0.2) is 0 Å². The molecule has 0 aromatic carbocycles. The second-order valence-electron chi connectivity index (χ2n) is 5.70. The molecule has 0 heterocycles. The molecule has 0 saturated heterocycles. The van der Waals surface area contributed by atoms with Gasteiger partial charge in [-0.2, -0.15) is 0 Å². The van der Waals surface area contributed by atoms with Crippen molar-refractivity contribution in [1.82, 2.24) is 5.32 Å². The van der Waals surface area contributed by atoms with E-state index in [4.69, 9.17) is 5.11 Å². The van der Waals surface area contributed by atoms with Crippen LogP contribution in [0, 0.1) is 5.92 Å². The molecular weight excluding hydrogens is 230 g/mol. The van der Waals surface area contributed by atoms with E-state index in [-0.39, 0.29) is 18.1 Å². The average molecular weight is 257 g/mol. The summed E-state index contributed by atoms with van der Waals surface area (Å²) in [7, 11) is 0. The van der Waals surface area contributed by atoms with Crippen LogP contribution in [-0.4, -0.2) is 34.4 Å². The van der Waals surface area contributed by atoms with Crippen LogP contribution in [0.4, 0.5) is 0 Å². The highest BCUT2D eigenvalue weighted by Crippen LogP contribution is 2.19. The Morgan fingerprint density at radius 2 is 1.94 bits per heavy atom. The zero-order valence-corrected chi connectivity index (χ0v) is 11.6. The number of hydrogen-bond donors (Lipinski definition) is 3. The number of aliphatic carboxylic acids is 1. The lowest BCUT2D eigenvalue weighted by Gasteiger charge is -2.31. The number of carboxylic acids is 1. The largest absolute Gasteiger partial charge is 0.481 e. The lowest BCUT2D eigenvalue weighted by molar-refractivity contribution is -0.141. The van der Waals surface area contributed by atoms with Crippen LogP contribution < -0.4 is 5.32 Å². The fraction of sp³-hybridized carbons (Fsp3) is 0.929. The molecule has 4 heteroatoms. The molecule has 1 fully saturated rings. The third kappa shape index (κ3) is 5.36. The minimum Gasteiger partial charge on any atom is -0.481 e. The Balaban J connectivity index is 2.16. The Labute approximate surface area is 110 Å². The van der Waals surface area contributed by atoms with Crippen LogP contribution in [0.1, 0.15) is 58.8 Å². The molecule has 1 saturated carbocycles. The third-order valence-electron chi connectivity index (χ3n) is 3.92. The van der Waals surface area contributed by atoms with E-state index in [0.29, 0.717) is 6.04 Å². The van der Waals surface area contributed by atoms with Gasteiger partial charge in [0.2, 0.25) is 0 Å². The highest BCUT2D eigenvalue weighted by atomic mass is 16.4. The normalized spacial score (nSPS) is 27.7. The van der Waals surface area contributed by atoms with Crippen molar-refractivity contribution in [2.45, 2.75) is 77.0 Å². The lowest BCUT2D eigenvalue weighted by Crippen LogP contribution is -2.46. The minimum atomic E-state index is -0.710. The number of aliphatic hydroxyl groups excluding tert-OH is 1. The topological polar surface area (TPSA) is 69.6 Å². The number of carboxylic acid groups (broad SMARTS) is 1. The van der Waals surface area contributed by atoms with Gasteiger partial charge in [-0.15, -0.1) is 0 Å². The Hall–Kier alpha value is -0.610. The van der Waals surface area contributed by atoms with Gasteiger partial charge in [-0.05, 0) is 32.6 Å². The summed E-state index contributed by atoms with van der Waals surface area (Å²) in [5.41, 5.74) is 0. The second-order valence-corrected chi connectivity index (χ2v) is 5.70. The summed E-state index contributed by atoms with van der Waals surface area (Å²) in [5.74, 6) is -0.962. The number of aliphatic hydroxyl groups is 1. The van der Waals surface area contributed by atoms with Crippen molar-refractivity contribution >= 4 is 5.97 Å². The van der Waals surface area contributed by atoms with Gasteiger partial charge in [0.05, 0.1) is 12.0 Å². The fourth-order valence-corrected chi connectivity index (χ4v) is 2.61. The molecule has 4 atom stereocenters. The van der Waals surface area contributed by atoms with Gasteiger partial charge in [-0.1, -0.05) is 26.2 Å². The Kier molecular flexibility index (Phi) is 6.65. The summed E-state index contributed by atoms with van der Waals surface area (Å²) in [6.07, 6.45) is 6.69. The maximum atomic E-state index is 10.7. The van der Waals surface area contributed by atoms with Crippen LogP contribution in [0.5, 0.6) is 0 Å². The maximum Gasteiger partial charge on any atom is 0.306 e. The lowest BCUT2D eigenvalue weighted by atomic mass is 9.91. The zero-order valence-electron chi connectivity index (χ0n) is 11.6. The standard InChI is InChI=1S/C14H27NO3/c1-10(14(17)18)6-5-7-11(2)15-12-8-3-4-9-13(12)16/h10-13,15-16H,3-9H2,1-2H3,(H,17,18). The van der Waals surface area contributed by atoms with Gasteiger partial charge in [-0.3, -0.25) is 4.79 Å². The molecule has 106 valence electrons. The number of nitrogens with one attached hydrogen (secondary N) is 1. The van der Waals surface area contributed by atoms with Crippen molar-refractivity contribution in [3.05, 3.63) is 0 Å². The molecule has 1 aliphatic rings. The van der Waals surface area contributed by atoms with Gasteiger partial charge in [0, 0.05) is 12.1 Å². The Morgan fingerprint density at radius 3 is 2.56 bits per heavy atom. The van der Waals surface area contributed by atoms with E-state index in [2.05, 4.69) is 12.2 Å². The summed E-state index contributed by atoms with van der Waals surface area (Å²) in [6.45, 7) is 3.87. The SMILES string of the molecule is CC(CCCC(C)C(=O)O)NC1CCCCC1O. The smallest absolute Gasteiger partial charge is 0.306 e. The highest BCUT2D eigenvalue weighted by molar-refractivity contribution is 5.69. The number of hydrogen-bond acceptors (Lipinski definition) is 3. The van der Waals surface area contributed by atoms with Crippen molar-refractivity contribution in [2.75, 3.05) is 0 Å². The van der Waals surface area contributed by atoms with Gasteiger partial charge in [0.15, 0.2) is 0 Å². The third-order valence-corrected chi connectivity index (χ3v) is 3.92. The van der Waals surface area contributed by atoms with E-state index in [0.717, 1.165) is 38.5 Å². The van der Waals surface area contributed by atoms with Crippen molar-refractivity contribution in [1.29, 1.82) is 0 Å². The van der Waals surface area contributed by atoms with E-state index in [1.165, 1.54) is 6.42 Å². The van der Waals surface area contributed by atoms with Gasteiger partial charge in [-0.25, -0.2) is 0 Å².